The highest BCUT2D eigenvalue weighted by Crippen LogP contribution is 2.25. The average molecular weight is 362 g/mol. The molecule has 0 radical (unpaired) electrons. The van der Waals surface area contributed by atoms with Crippen LogP contribution in [0.15, 0.2) is 24.3 Å². The topological polar surface area (TPSA) is 54.9 Å². The summed E-state index contributed by atoms with van der Waals surface area (Å²) < 4.78 is 5.87. The minimum atomic E-state index is -0.507. The molecule has 0 unspecified atom stereocenters. The van der Waals surface area contributed by atoms with E-state index in [4.69, 9.17) is 4.74 Å². The van der Waals surface area contributed by atoms with Gasteiger partial charge in [-0.2, -0.15) is 0 Å². The van der Waals surface area contributed by atoms with E-state index in [0.717, 1.165) is 18.6 Å². The minimum absolute atomic E-state index is 0.0385. The molecule has 0 aromatic heterocycles. The predicted octanol–water partition coefficient (Wildman–Crippen LogP) is 3.15. The number of piperidine rings is 1. The lowest BCUT2D eigenvalue weighted by atomic mass is 9.79. The van der Waals surface area contributed by atoms with Crippen molar-refractivity contribution in [2.45, 2.75) is 96.9 Å². The molecule has 1 atom stereocenters. The molecule has 1 saturated heterocycles. The number of quaternary nitrogens is 1. The quantitative estimate of drug-likeness (QED) is 0.865. The second-order valence-electron chi connectivity index (χ2n) is 10.3. The smallest absolute Gasteiger partial charge is 0.261 e. The Labute approximate surface area is 159 Å². The summed E-state index contributed by atoms with van der Waals surface area (Å²) in [5.74, 6) is 0.696. The van der Waals surface area contributed by atoms with Crippen LogP contribution in [0, 0.1) is 0 Å². The highest BCUT2D eigenvalue weighted by Gasteiger charge is 2.42. The van der Waals surface area contributed by atoms with Gasteiger partial charge in [-0.25, -0.2) is 0 Å². The summed E-state index contributed by atoms with van der Waals surface area (Å²) in [4.78, 5) is 12.6. The molecule has 0 bridgehead atoms. The van der Waals surface area contributed by atoms with E-state index in [-0.39, 0.29) is 28.4 Å². The van der Waals surface area contributed by atoms with E-state index in [9.17, 15) is 4.79 Å². The van der Waals surface area contributed by atoms with E-state index in [0.29, 0.717) is 0 Å². The number of carbonyl (C=O) groups excluding carboxylic acids is 1. The van der Waals surface area contributed by atoms with E-state index in [2.05, 4.69) is 71.2 Å². The molecule has 2 rings (SSSR count). The van der Waals surface area contributed by atoms with Crippen LogP contribution in [0.3, 0.4) is 0 Å². The second-order valence-corrected chi connectivity index (χ2v) is 10.3. The Kier molecular flexibility index (Phi) is 5.77. The van der Waals surface area contributed by atoms with E-state index in [1.54, 1.807) is 0 Å². The zero-order valence-corrected chi connectivity index (χ0v) is 17.8. The maximum absolute atomic E-state index is 12.6. The van der Waals surface area contributed by atoms with E-state index >= 15 is 0 Å². The molecule has 4 nitrogen and oxygen atoms in total. The molecule has 1 aliphatic rings. The fraction of sp³-hybridized carbons (Fsp3) is 0.682. The Morgan fingerprint density at radius 3 is 2.08 bits per heavy atom. The molecule has 4 heteroatoms. The lowest BCUT2D eigenvalue weighted by Crippen LogP contribution is -3.06. The Morgan fingerprint density at radius 2 is 1.62 bits per heavy atom. The summed E-state index contributed by atoms with van der Waals surface area (Å²) in [6, 6.07) is 8.23. The zero-order valence-electron chi connectivity index (χ0n) is 17.8. The molecule has 146 valence electrons. The fourth-order valence-corrected chi connectivity index (χ4v) is 4.23. The van der Waals surface area contributed by atoms with Gasteiger partial charge < -0.3 is 15.4 Å². The van der Waals surface area contributed by atoms with Crippen molar-refractivity contribution in [3.63, 3.8) is 0 Å². The lowest BCUT2D eigenvalue weighted by Gasteiger charge is -2.43. The molecular formula is C22H37N2O2+. The molecular weight excluding hydrogens is 324 g/mol. The molecule has 1 fully saturated rings. The first-order valence-corrected chi connectivity index (χ1v) is 9.72. The van der Waals surface area contributed by atoms with Crippen molar-refractivity contribution in [2.75, 3.05) is 0 Å². The van der Waals surface area contributed by atoms with Crippen LogP contribution in [-0.4, -0.2) is 29.1 Å². The van der Waals surface area contributed by atoms with Crippen molar-refractivity contribution in [2.24, 2.45) is 0 Å². The number of nitrogens with one attached hydrogen (secondary N) is 1. The molecule has 1 heterocycles. The molecule has 1 aliphatic heterocycles. The predicted molar refractivity (Wildman–Crippen MR) is 106 cm³/mol. The number of carbonyl (C=O) groups is 1. The summed E-state index contributed by atoms with van der Waals surface area (Å²) in [6.45, 7) is 17.3. The Balaban J connectivity index is 1.95. The van der Waals surface area contributed by atoms with Gasteiger partial charge in [0.05, 0.1) is 11.1 Å². The number of nitrogens with two attached hydrogens (primary N) is 1. The largest absolute Gasteiger partial charge is 0.481 e. The summed E-state index contributed by atoms with van der Waals surface area (Å²) in [6.07, 6.45) is 1.43. The van der Waals surface area contributed by atoms with Crippen LogP contribution in [0.5, 0.6) is 5.75 Å². The standard InChI is InChI=1S/C22H36N2O2/c1-15(26-18-11-9-16(10-12-18)20(2,3)4)19(25)23-17-13-21(5,6)24-22(7,8)14-17/h9-12,15,17,24H,13-14H2,1-8H3,(H,23,25)/p+1/t15-/m0/s1. The van der Waals surface area contributed by atoms with E-state index in [1.165, 1.54) is 5.56 Å². The third-order valence-electron chi connectivity index (χ3n) is 5.08. The van der Waals surface area contributed by atoms with Crippen LogP contribution in [0.2, 0.25) is 0 Å². The summed E-state index contributed by atoms with van der Waals surface area (Å²) in [5, 5.41) is 5.62. The number of rotatable bonds is 4. The molecule has 0 spiro atoms. The van der Waals surface area contributed by atoms with Crippen molar-refractivity contribution < 1.29 is 14.8 Å². The highest BCUT2D eigenvalue weighted by molar-refractivity contribution is 5.81. The van der Waals surface area contributed by atoms with Crippen molar-refractivity contribution in [1.29, 1.82) is 0 Å². The van der Waals surface area contributed by atoms with Crippen molar-refractivity contribution >= 4 is 5.91 Å². The molecule has 1 aromatic rings. The number of benzene rings is 1. The van der Waals surface area contributed by atoms with Gasteiger partial charge in [0, 0.05) is 18.9 Å². The number of hydrogen-bond donors (Lipinski definition) is 2. The first-order valence-electron chi connectivity index (χ1n) is 9.72. The Hall–Kier alpha value is -1.55. The first kappa shape index (κ1) is 20.8. The van der Waals surface area contributed by atoms with Crippen LogP contribution in [-0.2, 0) is 10.2 Å². The van der Waals surface area contributed by atoms with E-state index in [1.807, 2.05) is 19.1 Å². The molecule has 3 N–H and O–H groups in total. The summed E-state index contributed by atoms with van der Waals surface area (Å²) in [7, 11) is 0. The molecule has 0 aliphatic carbocycles. The van der Waals surface area contributed by atoms with Gasteiger partial charge in [0.2, 0.25) is 0 Å². The number of hydrogen-bond acceptors (Lipinski definition) is 2. The van der Waals surface area contributed by atoms with Crippen LogP contribution < -0.4 is 15.4 Å². The fourth-order valence-electron chi connectivity index (χ4n) is 4.23. The second kappa shape index (κ2) is 7.22. The van der Waals surface area contributed by atoms with Gasteiger partial charge in [-0.05, 0) is 57.7 Å². The minimum Gasteiger partial charge on any atom is -0.481 e. The molecule has 26 heavy (non-hydrogen) atoms. The highest BCUT2D eigenvalue weighted by atomic mass is 16.5. The number of amides is 1. The van der Waals surface area contributed by atoms with Gasteiger partial charge in [-0.3, -0.25) is 4.79 Å². The van der Waals surface area contributed by atoms with Gasteiger partial charge in [0.15, 0.2) is 6.10 Å². The zero-order chi connectivity index (χ0) is 19.8. The monoisotopic (exact) mass is 361 g/mol. The average Bonchev–Trinajstić information content (AvgIpc) is 2.43. The van der Waals surface area contributed by atoms with Gasteiger partial charge >= 0.3 is 0 Å². The van der Waals surface area contributed by atoms with Gasteiger partial charge in [-0.1, -0.05) is 32.9 Å². The normalized spacial score (nSPS) is 21.1. The first-order chi connectivity index (χ1) is 11.8. The molecule has 1 amide bonds. The maximum atomic E-state index is 12.6. The van der Waals surface area contributed by atoms with Crippen molar-refractivity contribution in [1.82, 2.24) is 5.32 Å². The van der Waals surface area contributed by atoms with Crippen LogP contribution in [0.1, 0.15) is 73.8 Å². The molecule has 0 saturated carbocycles. The van der Waals surface area contributed by atoms with Crippen LogP contribution in [0.4, 0.5) is 0 Å². The van der Waals surface area contributed by atoms with E-state index < -0.39 is 6.10 Å². The third-order valence-corrected chi connectivity index (χ3v) is 5.08. The number of ether oxygens (including phenoxy) is 1. The van der Waals surface area contributed by atoms with Crippen molar-refractivity contribution in [3.8, 4) is 5.75 Å². The SMILES string of the molecule is C[C@H](Oc1ccc(C(C)(C)C)cc1)C(=O)NC1CC(C)(C)[NH2+]C(C)(C)C1. The van der Waals surface area contributed by atoms with Crippen molar-refractivity contribution in [3.05, 3.63) is 29.8 Å². The van der Waals surface area contributed by atoms with Gasteiger partial charge in [0.25, 0.3) is 5.91 Å². The van der Waals surface area contributed by atoms with Gasteiger partial charge in [-0.15, -0.1) is 0 Å². The lowest BCUT2D eigenvalue weighted by molar-refractivity contribution is -0.787. The van der Waals surface area contributed by atoms with Crippen LogP contribution in [0.25, 0.3) is 0 Å². The summed E-state index contributed by atoms with van der Waals surface area (Å²) in [5.41, 5.74) is 1.63. The maximum Gasteiger partial charge on any atom is 0.261 e. The Morgan fingerprint density at radius 1 is 1.12 bits per heavy atom. The summed E-state index contributed by atoms with van der Waals surface area (Å²) >= 11 is 0. The third kappa shape index (κ3) is 5.73. The van der Waals surface area contributed by atoms with Gasteiger partial charge in [0.1, 0.15) is 5.75 Å². The Bertz CT molecular complexity index is 611. The van der Waals surface area contributed by atoms with Crippen LogP contribution >= 0.6 is 0 Å². The molecule has 1 aromatic carbocycles.